The molecule has 0 radical (unpaired) electrons. The molecule has 1 aliphatic rings. The molecule has 8 heteroatoms. The van der Waals surface area contributed by atoms with E-state index in [2.05, 4.69) is 29.0 Å². The number of amides is 1. The molecule has 1 saturated heterocycles. The number of carbonyl (C=O) groups excluding carboxylic acids is 1. The molecule has 146 valence electrons. The van der Waals surface area contributed by atoms with Crippen LogP contribution in [0.15, 0.2) is 23.6 Å². The smallest absolute Gasteiger partial charge is 0.264 e. The molecule has 27 heavy (non-hydrogen) atoms. The van der Waals surface area contributed by atoms with Gasteiger partial charge in [-0.3, -0.25) is 15.0 Å². The summed E-state index contributed by atoms with van der Waals surface area (Å²) in [6.07, 6.45) is 0.445. The first-order valence-corrected chi connectivity index (χ1v) is 10.2. The third kappa shape index (κ3) is 5.90. The molecule has 0 aliphatic carbocycles. The molecule has 1 amide bonds. The Balaban J connectivity index is 1.49. The third-order valence-corrected chi connectivity index (χ3v) is 5.22. The Kier molecular flexibility index (Phi) is 6.70. The maximum absolute atomic E-state index is 12.1. The minimum absolute atomic E-state index is 0.0735. The maximum atomic E-state index is 12.1. The molecule has 2 aromatic rings. The van der Waals surface area contributed by atoms with Crippen LogP contribution in [0.4, 0.5) is 5.13 Å². The fourth-order valence-electron chi connectivity index (χ4n) is 3.15. The molecule has 3 rings (SSSR count). The van der Waals surface area contributed by atoms with Crippen LogP contribution in [0.25, 0.3) is 0 Å². The predicted molar refractivity (Wildman–Crippen MR) is 108 cm³/mol. The van der Waals surface area contributed by atoms with E-state index in [-0.39, 0.29) is 24.7 Å². The standard InChI is InChI=1S/C19H24ClN3O3S/c1-12-6-15(20)4-5-17(12)25-10-18(24)22-19-21-16(11-27-19)9-23-7-13(2)26-14(3)8-23/h4-6,11,13-14H,7-10H2,1-3H3,(H,21,22,24)/t13-,14-/m0/s1. The lowest BCUT2D eigenvalue weighted by molar-refractivity contribution is -0.118. The molecular weight excluding hydrogens is 386 g/mol. The van der Waals surface area contributed by atoms with Gasteiger partial charge in [-0.2, -0.15) is 0 Å². The van der Waals surface area contributed by atoms with Gasteiger partial charge in [0.25, 0.3) is 5.91 Å². The normalized spacial score (nSPS) is 20.4. The zero-order valence-corrected chi connectivity index (χ0v) is 17.3. The lowest BCUT2D eigenvalue weighted by Gasteiger charge is -2.34. The van der Waals surface area contributed by atoms with E-state index in [1.807, 2.05) is 12.3 Å². The van der Waals surface area contributed by atoms with Crippen LogP contribution in [0, 0.1) is 6.92 Å². The first kappa shape index (κ1) is 20.1. The zero-order chi connectivity index (χ0) is 19.4. The van der Waals surface area contributed by atoms with Crippen molar-refractivity contribution in [2.24, 2.45) is 0 Å². The maximum Gasteiger partial charge on any atom is 0.264 e. The van der Waals surface area contributed by atoms with Crippen LogP contribution in [-0.4, -0.2) is 47.7 Å². The number of aryl methyl sites for hydroxylation is 1. The van der Waals surface area contributed by atoms with Crippen molar-refractivity contribution >= 4 is 34.0 Å². The number of morpholine rings is 1. The van der Waals surface area contributed by atoms with E-state index < -0.39 is 0 Å². The van der Waals surface area contributed by atoms with Gasteiger partial charge < -0.3 is 9.47 Å². The van der Waals surface area contributed by atoms with Crippen LogP contribution >= 0.6 is 22.9 Å². The summed E-state index contributed by atoms with van der Waals surface area (Å²) in [6.45, 7) is 8.51. The molecule has 1 aromatic carbocycles. The van der Waals surface area contributed by atoms with Gasteiger partial charge in [-0.25, -0.2) is 4.98 Å². The second kappa shape index (κ2) is 9.01. The molecule has 6 nitrogen and oxygen atoms in total. The highest BCUT2D eigenvalue weighted by Gasteiger charge is 2.22. The number of nitrogens with zero attached hydrogens (tertiary/aromatic N) is 2. The number of ether oxygens (including phenoxy) is 2. The number of hydrogen-bond donors (Lipinski definition) is 1. The van der Waals surface area contributed by atoms with E-state index in [4.69, 9.17) is 21.1 Å². The topological polar surface area (TPSA) is 63.7 Å². The SMILES string of the molecule is Cc1cc(Cl)ccc1OCC(=O)Nc1nc(CN2C[C@H](C)O[C@@H](C)C2)cs1. The molecule has 0 bridgehead atoms. The van der Waals surface area contributed by atoms with Crippen molar-refractivity contribution in [3.8, 4) is 5.75 Å². The lowest BCUT2D eigenvalue weighted by Crippen LogP contribution is -2.44. The summed E-state index contributed by atoms with van der Waals surface area (Å²) in [7, 11) is 0. The number of hydrogen-bond acceptors (Lipinski definition) is 6. The third-order valence-electron chi connectivity index (χ3n) is 4.17. The van der Waals surface area contributed by atoms with Gasteiger partial charge in [0.1, 0.15) is 5.75 Å². The number of thiazole rings is 1. The molecule has 0 saturated carbocycles. The predicted octanol–water partition coefficient (Wildman–Crippen LogP) is 3.73. The molecule has 1 N–H and O–H groups in total. The van der Waals surface area contributed by atoms with Gasteiger partial charge in [-0.15, -0.1) is 11.3 Å². The highest BCUT2D eigenvalue weighted by Crippen LogP contribution is 2.22. The van der Waals surface area contributed by atoms with E-state index >= 15 is 0 Å². The van der Waals surface area contributed by atoms with Gasteiger partial charge in [0.05, 0.1) is 17.9 Å². The van der Waals surface area contributed by atoms with E-state index in [1.165, 1.54) is 11.3 Å². The van der Waals surface area contributed by atoms with Crippen LogP contribution in [0.5, 0.6) is 5.75 Å². The average Bonchev–Trinajstić information content (AvgIpc) is 3.00. The summed E-state index contributed by atoms with van der Waals surface area (Å²) >= 11 is 7.34. The van der Waals surface area contributed by atoms with Crippen LogP contribution in [-0.2, 0) is 16.1 Å². The fourth-order valence-corrected chi connectivity index (χ4v) is 4.10. The Bertz CT molecular complexity index is 788. The van der Waals surface area contributed by atoms with Crippen molar-refractivity contribution < 1.29 is 14.3 Å². The summed E-state index contributed by atoms with van der Waals surface area (Å²) in [5.41, 5.74) is 1.84. The Hall–Kier alpha value is -1.67. The molecule has 2 heterocycles. The van der Waals surface area contributed by atoms with E-state index in [0.29, 0.717) is 15.9 Å². The Morgan fingerprint density at radius 1 is 1.41 bits per heavy atom. The van der Waals surface area contributed by atoms with Crippen molar-refractivity contribution in [1.82, 2.24) is 9.88 Å². The zero-order valence-electron chi connectivity index (χ0n) is 15.7. The minimum Gasteiger partial charge on any atom is -0.483 e. The summed E-state index contributed by atoms with van der Waals surface area (Å²) in [4.78, 5) is 19.0. The molecule has 0 unspecified atom stereocenters. The van der Waals surface area contributed by atoms with Crippen molar-refractivity contribution in [1.29, 1.82) is 0 Å². The van der Waals surface area contributed by atoms with Crippen LogP contribution in [0.2, 0.25) is 5.02 Å². The minimum atomic E-state index is -0.237. The largest absolute Gasteiger partial charge is 0.483 e. The summed E-state index contributed by atoms with van der Waals surface area (Å²) in [5, 5.41) is 6.00. The van der Waals surface area contributed by atoms with Crippen molar-refractivity contribution in [3.05, 3.63) is 39.9 Å². The molecule has 0 spiro atoms. The first-order chi connectivity index (χ1) is 12.9. The number of anilines is 1. The van der Waals surface area contributed by atoms with E-state index in [1.54, 1.807) is 18.2 Å². The number of rotatable bonds is 6. The molecule has 1 aliphatic heterocycles. The second-order valence-electron chi connectivity index (χ2n) is 6.84. The summed E-state index contributed by atoms with van der Waals surface area (Å²) < 4.78 is 11.3. The van der Waals surface area contributed by atoms with Crippen LogP contribution in [0.1, 0.15) is 25.1 Å². The summed E-state index contributed by atoms with van der Waals surface area (Å²) in [5.74, 6) is 0.406. The molecule has 1 fully saturated rings. The second-order valence-corrected chi connectivity index (χ2v) is 8.14. The highest BCUT2D eigenvalue weighted by molar-refractivity contribution is 7.13. The number of aromatic nitrogens is 1. The number of benzene rings is 1. The van der Waals surface area contributed by atoms with Gasteiger partial charge in [0.2, 0.25) is 0 Å². The summed E-state index contributed by atoms with van der Waals surface area (Å²) in [6, 6.07) is 5.30. The van der Waals surface area contributed by atoms with Crippen molar-refractivity contribution in [2.75, 3.05) is 25.0 Å². The Labute approximate surface area is 168 Å². The van der Waals surface area contributed by atoms with E-state index in [0.717, 1.165) is 30.9 Å². The van der Waals surface area contributed by atoms with Crippen LogP contribution < -0.4 is 10.1 Å². The Morgan fingerprint density at radius 3 is 2.85 bits per heavy atom. The van der Waals surface area contributed by atoms with Gasteiger partial charge in [-0.1, -0.05) is 11.6 Å². The average molecular weight is 410 g/mol. The number of halogens is 1. The number of nitrogens with one attached hydrogen (secondary N) is 1. The van der Waals surface area contributed by atoms with Crippen LogP contribution in [0.3, 0.4) is 0 Å². The quantitative estimate of drug-likeness (QED) is 0.787. The van der Waals surface area contributed by atoms with Crippen molar-refractivity contribution in [2.45, 2.75) is 39.5 Å². The van der Waals surface area contributed by atoms with Gasteiger partial charge in [0, 0.05) is 30.0 Å². The van der Waals surface area contributed by atoms with Gasteiger partial charge >= 0.3 is 0 Å². The lowest BCUT2D eigenvalue weighted by atomic mass is 10.2. The van der Waals surface area contributed by atoms with Crippen molar-refractivity contribution in [3.63, 3.8) is 0 Å². The molecular formula is C19H24ClN3O3S. The highest BCUT2D eigenvalue weighted by atomic mass is 35.5. The fraction of sp³-hybridized carbons (Fsp3) is 0.474. The monoisotopic (exact) mass is 409 g/mol. The van der Waals surface area contributed by atoms with Gasteiger partial charge in [-0.05, 0) is 44.5 Å². The van der Waals surface area contributed by atoms with E-state index in [9.17, 15) is 4.79 Å². The molecule has 2 atom stereocenters. The van der Waals surface area contributed by atoms with Gasteiger partial charge in [0.15, 0.2) is 11.7 Å². The number of carbonyl (C=O) groups is 1. The Morgan fingerprint density at radius 2 is 2.15 bits per heavy atom. The molecule has 1 aromatic heterocycles. The first-order valence-electron chi connectivity index (χ1n) is 8.90.